The van der Waals surface area contributed by atoms with Gasteiger partial charge in [0.05, 0.1) is 5.75 Å². The number of amides is 1. The smallest absolute Gasteiger partial charge is 0.287 e. The summed E-state index contributed by atoms with van der Waals surface area (Å²) >= 11 is 7.60. The van der Waals surface area contributed by atoms with Gasteiger partial charge in [-0.1, -0.05) is 30.7 Å². The number of halogens is 1. The minimum absolute atomic E-state index is 0.150. The Hall–Kier alpha value is -1.39. The quantitative estimate of drug-likeness (QED) is 0.781. The lowest BCUT2D eigenvalue weighted by atomic mass is 10.2. The Morgan fingerprint density at radius 3 is 2.64 bits per heavy atom. The van der Waals surface area contributed by atoms with E-state index in [4.69, 9.17) is 16.0 Å². The first-order valence-corrected chi connectivity index (χ1v) is 8.83. The number of hydrogen-bond acceptors (Lipinski definition) is 3. The van der Waals surface area contributed by atoms with E-state index in [2.05, 4.69) is 5.32 Å². The van der Waals surface area contributed by atoms with Gasteiger partial charge in [-0.3, -0.25) is 4.79 Å². The predicted molar refractivity (Wildman–Crippen MR) is 92.4 cm³/mol. The van der Waals surface area contributed by atoms with Crippen LogP contribution in [0.5, 0.6) is 0 Å². The topological polar surface area (TPSA) is 42.2 Å². The maximum absolute atomic E-state index is 11.9. The molecule has 0 saturated heterocycles. The number of carbonyl (C=O) groups is 1. The Bertz CT molecular complexity index is 609. The fourth-order valence-corrected chi connectivity index (χ4v) is 2.84. The number of rotatable bonds is 7. The highest BCUT2D eigenvalue weighted by molar-refractivity contribution is 7.97. The molecule has 0 radical (unpaired) electrons. The van der Waals surface area contributed by atoms with Gasteiger partial charge in [-0.05, 0) is 43.2 Å². The monoisotopic (exact) mass is 337 g/mol. The van der Waals surface area contributed by atoms with E-state index in [-0.39, 0.29) is 11.9 Å². The van der Waals surface area contributed by atoms with Gasteiger partial charge in [0.2, 0.25) is 0 Å². The van der Waals surface area contributed by atoms with Crippen LogP contribution in [0.2, 0.25) is 5.02 Å². The fourth-order valence-electron chi connectivity index (χ4n) is 1.82. The van der Waals surface area contributed by atoms with Gasteiger partial charge in [0.15, 0.2) is 5.76 Å². The molecule has 0 bridgehead atoms. The molecule has 0 saturated carbocycles. The van der Waals surface area contributed by atoms with E-state index in [9.17, 15) is 4.79 Å². The average Bonchev–Trinajstić information content (AvgIpc) is 2.98. The van der Waals surface area contributed by atoms with Crippen LogP contribution in [-0.2, 0) is 11.5 Å². The molecule has 1 atom stereocenters. The summed E-state index contributed by atoms with van der Waals surface area (Å²) in [4.78, 5) is 11.9. The van der Waals surface area contributed by atoms with Gasteiger partial charge in [-0.25, -0.2) is 0 Å². The summed E-state index contributed by atoms with van der Waals surface area (Å²) in [5, 5.41) is 3.64. The summed E-state index contributed by atoms with van der Waals surface area (Å²) in [7, 11) is 0. The van der Waals surface area contributed by atoms with E-state index < -0.39 is 0 Å². The Labute approximate surface area is 140 Å². The number of furan rings is 1. The first kappa shape index (κ1) is 17.0. The third-order valence-corrected chi connectivity index (χ3v) is 4.58. The van der Waals surface area contributed by atoms with Crippen molar-refractivity contribution in [2.75, 3.05) is 0 Å². The summed E-state index contributed by atoms with van der Waals surface area (Å²) in [6.07, 6.45) is 0.899. The number of carbonyl (C=O) groups excluding carboxylic acids is 1. The summed E-state index contributed by atoms with van der Waals surface area (Å²) in [5.41, 5.74) is 1.22. The van der Waals surface area contributed by atoms with Gasteiger partial charge in [0, 0.05) is 16.8 Å². The van der Waals surface area contributed by atoms with Crippen LogP contribution in [0.3, 0.4) is 0 Å². The van der Waals surface area contributed by atoms with Crippen LogP contribution in [0.15, 0.2) is 40.8 Å². The highest BCUT2D eigenvalue weighted by atomic mass is 35.5. The maximum Gasteiger partial charge on any atom is 0.287 e. The standard InChI is InChI=1S/C17H20ClNO2S/c1-3-12(2)19-17(20)16-9-8-15(21-16)11-22-10-13-4-6-14(18)7-5-13/h4-9,12H,3,10-11H2,1-2H3,(H,19,20)/t12-/m1/s1. The molecule has 22 heavy (non-hydrogen) atoms. The van der Waals surface area contributed by atoms with Gasteiger partial charge < -0.3 is 9.73 Å². The summed E-state index contributed by atoms with van der Waals surface area (Å²) in [5.74, 6) is 2.66. The molecule has 0 unspecified atom stereocenters. The lowest BCUT2D eigenvalue weighted by Gasteiger charge is -2.09. The van der Waals surface area contributed by atoms with Gasteiger partial charge in [-0.2, -0.15) is 0 Å². The summed E-state index contributed by atoms with van der Waals surface area (Å²) in [6.45, 7) is 4.01. The molecule has 3 nitrogen and oxygen atoms in total. The second-order valence-corrected chi connectivity index (χ2v) is 6.59. The molecule has 0 aliphatic carbocycles. The summed E-state index contributed by atoms with van der Waals surface area (Å²) < 4.78 is 5.59. The minimum atomic E-state index is -0.150. The van der Waals surface area contributed by atoms with Crippen LogP contribution >= 0.6 is 23.4 Å². The van der Waals surface area contributed by atoms with Gasteiger partial charge >= 0.3 is 0 Å². The van der Waals surface area contributed by atoms with Crippen LogP contribution in [0.4, 0.5) is 0 Å². The lowest BCUT2D eigenvalue weighted by Crippen LogP contribution is -2.31. The molecule has 5 heteroatoms. The highest BCUT2D eigenvalue weighted by Gasteiger charge is 2.12. The minimum Gasteiger partial charge on any atom is -0.455 e. The Morgan fingerprint density at radius 2 is 1.95 bits per heavy atom. The van der Waals surface area contributed by atoms with Crippen LogP contribution in [0.1, 0.15) is 42.1 Å². The van der Waals surface area contributed by atoms with Crippen molar-refractivity contribution in [1.82, 2.24) is 5.32 Å². The largest absolute Gasteiger partial charge is 0.455 e. The zero-order valence-electron chi connectivity index (χ0n) is 12.8. The molecule has 1 heterocycles. The average molecular weight is 338 g/mol. The SMILES string of the molecule is CC[C@@H](C)NC(=O)c1ccc(CSCc2ccc(Cl)cc2)o1. The molecular weight excluding hydrogens is 318 g/mol. The molecular formula is C17H20ClNO2S. The zero-order valence-corrected chi connectivity index (χ0v) is 14.3. The molecule has 0 aliphatic rings. The molecule has 2 rings (SSSR count). The first-order chi connectivity index (χ1) is 10.6. The molecule has 2 aromatic rings. The van der Waals surface area contributed by atoms with Crippen molar-refractivity contribution in [3.05, 3.63) is 58.5 Å². The van der Waals surface area contributed by atoms with Gasteiger partial charge in [-0.15, -0.1) is 11.8 Å². The van der Waals surface area contributed by atoms with Crippen molar-refractivity contribution in [1.29, 1.82) is 0 Å². The van der Waals surface area contributed by atoms with Crippen LogP contribution in [0, 0.1) is 0 Å². The molecule has 0 spiro atoms. The number of hydrogen-bond donors (Lipinski definition) is 1. The third kappa shape index (κ3) is 5.11. The molecule has 0 fully saturated rings. The van der Waals surface area contributed by atoms with Crippen molar-refractivity contribution in [3.8, 4) is 0 Å². The molecule has 1 aromatic carbocycles. The van der Waals surface area contributed by atoms with Gasteiger partial charge in [0.1, 0.15) is 5.76 Å². The Kier molecular flexibility index (Phi) is 6.40. The Morgan fingerprint density at radius 1 is 1.23 bits per heavy atom. The second-order valence-electron chi connectivity index (χ2n) is 5.17. The van der Waals surface area contributed by atoms with E-state index in [1.807, 2.05) is 44.2 Å². The van der Waals surface area contributed by atoms with Crippen molar-refractivity contribution in [3.63, 3.8) is 0 Å². The molecule has 0 aliphatic heterocycles. The van der Waals surface area contributed by atoms with Crippen molar-refractivity contribution in [2.24, 2.45) is 0 Å². The maximum atomic E-state index is 11.9. The Balaban J connectivity index is 1.82. The van der Waals surface area contributed by atoms with E-state index in [0.717, 1.165) is 28.7 Å². The lowest BCUT2D eigenvalue weighted by molar-refractivity contribution is 0.0910. The number of benzene rings is 1. The molecule has 1 amide bonds. The van der Waals surface area contributed by atoms with Crippen molar-refractivity contribution in [2.45, 2.75) is 37.8 Å². The highest BCUT2D eigenvalue weighted by Crippen LogP contribution is 2.20. The molecule has 1 N–H and O–H groups in total. The third-order valence-electron chi connectivity index (χ3n) is 3.30. The van der Waals surface area contributed by atoms with Crippen LogP contribution < -0.4 is 5.32 Å². The number of nitrogens with one attached hydrogen (secondary N) is 1. The first-order valence-electron chi connectivity index (χ1n) is 7.30. The fraction of sp³-hybridized carbons (Fsp3) is 0.353. The second kappa shape index (κ2) is 8.30. The van der Waals surface area contributed by atoms with Crippen LogP contribution in [0.25, 0.3) is 0 Å². The van der Waals surface area contributed by atoms with E-state index in [1.165, 1.54) is 5.56 Å². The zero-order chi connectivity index (χ0) is 15.9. The van der Waals surface area contributed by atoms with Gasteiger partial charge in [0.25, 0.3) is 5.91 Å². The summed E-state index contributed by atoms with van der Waals surface area (Å²) in [6, 6.07) is 11.6. The molecule has 118 valence electrons. The normalized spacial score (nSPS) is 12.1. The number of thioether (sulfide) groups is 1. The molecule has 1 aromatic heterocycles. The van der Waals surface area contributed by atoms with Crippen LogP contribution in [-0.4, -0.2) is 11.9 Å². The van der Waals surface area contributed by atoms with Crippen molar-refractivity contribution < 1.29 is 9.21 Å². The van der Waals surface area contributed by atoms with Crippen molar-refractivity contribution >= 4 is 29.3 Å². The van der Waals surface area contributed by atoms with E-state index in [1.54, 1.807) is 17.8 Å². The predicted octanol–water partition coefficient (Wildman–Crippen LogP) is 4.89. The van der Waals surface area contributed by atoms with E-state index in [0.29, 0.717) is 5.76 Å². The van der Waals surface area contributed by atoms with E-state index >= 15 is 0 Å².